The average molecular weight is 1120 g/mol. The number of thiocarbonyl (C=S) groups is 2. The van der Waals surface area contributed by atoms with Gasteiger partial charge in [-0.05, 0) is 61.3 Å². The van der Waals surface area contributed by atoms with Crippen LogP contribution in [0.25, 0.3) is 0 Å². The number of ketones is 1. The molecule has 0 atom stereocenters. The monoisotopic (exact) mass is 1120 g/mol. The van der Waals surface area contributed by atoms with Crippen molar-refractivity contribution < 1.29 is 50.8 Å². The minimum Gasteiger partial charge on any atom is -0.469 e. The molecule has 16 nitrogen and oxygen atoms in total. The molecule has 0 N–H and O–H groups in total. The van der Waals surface area contributed by atoms with Crippen molar-refractivity contribution in [1.82, 2.24) is 24.5 Å². The lowest BCUT2D eigenvalue weighted by Gasteiger charge is -2.06. The number of carbonyl (C=O) groups is 5. The Morgan fingerprint density at radius 3 is 0.493 bits per heavy atom. The van der Waals surface area contributed by atoms with E-state index in [4.69, 9.17) is 24.4 Å². The summed E-state index contributed by atoms with van der Waals surface area (Å²) >= 11 is 11.2. The lowest BCUT2D eigenvalue weighted by molar-refractivity contribution is -0.138. The van der Waals surface area contributed by atoms with Gasteiger partial charge in [0.2, 0.25) is 11.8 Å². The van der Waals surface area contributed by atoms with Crippen LogP contribution in [0.1, 0.15) is 145 Å². The van der Waals surface area contributed by atoms with Crippen LogP contribution in [0, 0.1) is 0 Å². The Hall–Kier alpha value is -2.30. The van der Waals surface area contributed by atoms with Gasteiger partial charge in [0.1, 0.15) is 15.6 Å². The molecule has 448 valence electrons. The van der Waals surface area contributed by atoms with Gasteiger partial charge in [-0.1, -0.05) is 114 Å². The van der Waals surface area contributed by atoms with E-state index in [9.17, 15) is 36.6 Å². The summed E-state index contributed by atoms with van der Waals surface area (Å²) < 4.78 is 41.3. The quantitative estimate of drug-likeness (QED) is 0.165. The van der Waals surface area contributed by atoms with Gasteiger partial charge in [-0.3, -0.25) is 23.4 Å². The normalized spacial score (nSPS) is 6.48. The molecule has 0 unspecified atom stereocenters. The number of nitrogens with zero attached hydrogens (tertiary/aromatic N) is 5. The molecule has 0 saturated carbocycles. The summed E-state index contributed by atoms with van der Waals surface area (Å²) in [6.07, 6.45) is 9.68. The van der Waals surface area contributed by atoms with Gasteiger partial charge in [-0.25, -0.2) is 8.42 Å². The number of esters is 2. The van der Waals surface area contributed by atoms with Crippen molar-refractivity contribution >= 4 is 96.3 Å². The van der Waals surface area contributed by atoms with E-state index in [0.29, 0.717) is 0 Å². The number of hydrogen-bond acceptors (Lipinski definition) is 15. The van der Waals surface area contributed by atoms with Crippen molar-refractivity contribution in [2.24, 2.45) is 0 Å². The summed E-state index contributed by atoms with van der Waals surface area (Å²) in [6.45, 7) is 12.6. The van der Waals surface area contributed by atoms with E-state index < -0.39 is 20.6 Å². The molecule has 0 radical (unpaired) electrons. The maximum Gasteiger partial charge on any atom is 0.302 e. The van der Waals surface area contributed by atoms with Gasteiger partial charge in [0.05, 0.1) is 24.2 Å². The van der Waals surface area contributed by atoms with E-state index in [1.165, 1.54) is 65.6 Å². The van der Waals surface area contributed by atoms with Crippen LogP contribution in [-0.4, -0.2) is 220 Å². The summed E-state index contributed by atoms with van der Waals surface area (Å²) in [6, 6.07) is 0. The highest BCUT2D eigenvalue weighted by Gasteiger charge is 1.88. The molecule has 0 aromatic heterocycles. The van der Waals surface area contributed by atoms with Gasteiger partial charge in [-0.2, -0.15) is 11.8 Å². The molecule has 0 bridgehead atoms. The fourth-order valence-electron chi connectivity index (χ4n) is 0. The average Bonchev–Trinajstić information content (AvgIpc) is 2.97. The van der Waals surface area contributed by atoms with Crippen LogP contribution in [-0.2, 0) is 58.8 Å². The Balaban J connectivity index is -0.0000000144. The Kier molecular flexibility index (Phi) is 289. The number of thioether (sulfide) groups is 1. The third-order valence-corrected chi connectivity index (χ3v) is 3.82. The summed E-state index contributed by atoms with van der Waals surface area (Å²) in [5.41, 5.74) is 0. The van der Waals surface area contributed by atoms with Crippen molar-refractivity contribution in [1.29, 1.82) is 0 Å². The van der Waals surface area contributed by atoms with E-state index in [1.54, 1.807) is 66.7 Å². The Bertz CT molecular complexity index is 948. The number of hydrogen-bond donors (Lipinski definition) is 0. The first-order valence-electron chi connectivity index (χ1n) is 16.2. The molecule has 21 heteroatoms. The highest BCUT2D eigenvalue weighted by Crippen LogP contribution is 1.76. The molecule has 0 aromatic carbocycles. The van der Waals surface area contributed by atoms with Crippen LogP contribution in [0.5, 0.6) is 0 Å². The molecule has 0 rings (SSSR count). The Labute approximate surface area is 457 Å². The first kappa shape index (κ1) is 158. The lowest BCUT2D eigenvalue weighted by Crippen LogP contribution is -2.17. The predicted molar refractivity (Wildman–Crippen MR) is 338 cm³/mol. The third-order valence-electron chi connectivity index (χ3n) is 3.09. The van der Waals surface area contributed by atoms with Crippen LogP contribution in [0.2, 0.25) is 0 Å². The van der Waals surface area contributed by atoms with Crippen molar-refractivity contribution in [2.75, 3.05) is 143 Å². The minimum absolute atomic E-state index is 0. The van der Waals surface area contributed by atoms with E-state index in [0.717, 1.165) is 22.5 Å². The van der Waals surface area contributed by atoms with Gasteiger partial charge in [0, 0.05) is 134 Å². The first-order chi connectivity index (χ1) is 25.1. The number of ether oxygens (including phenoxy) is 3. The van der Waals surface area contributed by atoms with Crippen LogP contribution >= 0.6 is 36.2 Å². The van der Waals surface area contributed by atoms with Gasteiger partial charge >= 0.3 is 11.9 Å². The second kappa shape index (κ2) is 126. The SMILES string of the molecule is C.C.C.C.C.C.C.C.C.C.C.C.CC(=O)N(C)C.CC(=O)N(C)C.CC(=S)N(C)C.CC(=S)N(C)C.CC(C)=O.CN(C)C.COC.COC(C)=O.COC(C)=O.CS(C)(=O)=O.CS(C)=O.CSC. The molecule has 69 heavy (non-hydrogen) atoms. The van der Waals surface area contributed by atoms with E-state index in [-0.39, 0.29) is 119 Å². The molecular formula is C48H135N5O11S5. The largest absolute Gasteiger partial charge is 0.469 e. The fraction of sp³-hybridized carbons (Fsp3) is 0.854. The molecule has 0 heterocycles. The summed E-state index contributed by atoms with van der Waals surface area (Å²) in [5, 5.41) is 0. The van der Waals surface area contributed by atoms with Gasteiger partial charge in [0.15, 0.2) is 0 Å². The van der Waals surface area contributed by atoms with Crippen LogP contribution in [0.4, 0.5) is 0 Å². The molecule has 0 saturated heterocycles. The molecule has 0 aliphatic rings. The van der Waals surface area contributed by atoms with E-state index >= 15 is 0 Å². The zero-order valence-electron chi connectivity index (χ0n) is 41.3. The zero-order chi connectivity index (χ0) is 49.8. The predicted octanol–water partition coefficient (Wildman–Crippen LogP) is 11.6. The van der Waals surface area contributed by atoms with Crippen molar-refractivity contribution in [3.05, 3.63) is 0 Å². The van der Waals surface area contributed by atoms with Crippen molar-refractivity contribution in [2.45, 2.75) is 145 Å². The zero-order valence-corrected chi connectivity index (χ0v) is 45.4. The molecule has 0 aliphatic heterocycles. The maximum atomic E-state index is 10.1. The smallest absolute Gasteiger partial charge is 0.302 e. The molecule has 0 spiro atoms. The highest BCUT2D eigenvalue weighted by molar-refractivity contribution is 7.97. The summed E-state index contributed by atoms with van der Waals surface area (Å²) in [7, 11) is 23.3. The number of rotatable bonds is 0. The highest BCUT2D eigenvalue weighted by atomic mass is 32.2. The van der Waals surface area contributed by atoms with E-state index in [2.05, 4.69) is 14.2 Å². The number of Topliss-reactive ketones (excluding diaryl/α,β-unsaturated/α-hetero) is 1. The minimum atomic E-state index is -2.67. The van der Waals surface area contributed by atoms with Crippen LogP contribution in [0.3, 0.4) is 0 Å². The molecular weight excluding hydrogens is 983 g/mol. The van der Waals surface area contributed by atoms with Gasteiger partial charge in [-0.15, -0.1) is 0 Å². The maximum absolute atomic E-state index is 10.1. The Morgan fingerprint density at radius 2 is 0.493 bits per heavy atom. The number of sulfone groups is 1. The van der Waals surface area contributed by atoms with Gasteiger partial charge in [0.25, 0.3) is 0 Å². The first-order valence-corrected chi connectivity index (χ1v) is 22.9. The molecule has 2 amide bonds. The fourth-order valence-corrected chi connectivity index (χ4v) is 0. The second-order valence-electron chi connectivity index (χ2n) is 12.0. The topological polar surface area (TPSA) is 180 Å². The van der Waals surface area contributed by atoms with Crippen LogP contribution in [0.15, 0.2) is 0 Å². The summed E-state index contributed by atoms with van der Waals surface area (Å²) in [5.74, 6) is -0.139. The van der Waals surface area contributed by atoms with Crippen molar-refractivity contribution in [3.8, 4) is 0 Å². The van der Waals surface area contributed by atoms with E-state index in [1.807, 2.05) is 90.4 Å². The molecule has 0 aromatic rings. The molecule has 0 aliphatic carbocycles. The lowest BCUT2D eigenvalue weighted by atomic mass is 10.6. The number of carbonyl (C=O) groups excluding carboxylic acids is 5. The van der Waals surface area contributed by atoms with Crippen LogP contribution < -0.4 is 0 Å². The number of amides is 2. The standard InChI is InChI=1S/2C4H9NO.2C4H9NS.C3H9N.2C3H6O2.C3H6O.C2H6O2S.C2H6OS.C2H6O.C2H6S.12CH4/c4*1-4(6)5(2)3;1-4(2)3;2*1-3(4)5-2;1-3(2)4;1-5(2,3)4;1-4(2)3;2*1-3-2;;;;;;;;;;;;/h4*1-3H3;1-3H3;2*1-2H3;1-2H3;1-2H3;1-2H3;2*1-2H3;12*1H4. The second-order valence-corrected chi connectivity index (χ2v) is 17.8. The van der Waals surface area contributed by atoms with Crippen molar-refractivity contribution in [3.63, 3.8) is 0 Å². The summed E-state index contributed by atoms with van der Waals surface area (Å²) in [4.78, 5) is 59.5. The van der Waals surface area contributed by atoms with Gasteiger partial charge < -0.3 is 43.5 Å². The molecule has 0 fully saturated rings. The number of methoxy groups -OCH3 is 3. The Morgan fingerprint density at radius 1 is 0.449 bits per heavy atom. The third kappa shape index (κ3) is 851.